The minimum atomic E-state index is -0.486. The van der Waals surface area contributed by atoms with Crippen LogP contribution in [-0.4, -0.2) is 10.9 Å². The first-order valence-electron chi connectivity index (χ1n) is 5.91. The third kappa shape index (κ3) is 5.58. The predicted molar refractivity (Wildman–Crippen MR) is 73.8 cm³/mol. The normalized spacial score (nSPS) is 11.1. The summed E-state index contributed by atoms with van der Waals surface area (Å²) in [5.74, 6) is -0.486. The third-order valence-electron chi connectivity index (χ3n) is 2.60. The van der Waals surface area contributed by atoms with Crippen molar-refractivity contribution in [2.75, 3.05) is 0 Å². The van der Waals surface area contributed by atoms with Gasteiger partial charge in [0.05, 0.1) is 6.04 Å². The van der Waals surface area contributed by atoms with Crippen LogP contribution in [0.4, 0.5) is 0 Å². The molecule has 0 aromatic carbocycles. The summed E-state index contributed by atoms with van der Waals surface area (Å²) in [6.07, 6.45) is 3.53. The Labute approximate surface area is 120 Å². The summed E-state index contributed by atoms with van der Waals surface area (Å²) in [6.45, 7) is 0. The predicted octanol–water partition coefficient (Wildman–Crippen LogP) is 4.48. The second-order valence-electron chi connectivity index (χ2n) is 3.96. The number of pyridine rings is 1. The minimum Gasteiger partial charge on any atom is -0.293 e. The molecule has 104 valence electrons. The van der Waals surface area contributed by atoms with E-state index in [0.717, 1.165) is 5.56 Å². The summed E-state index contributed by atoms with van der Waals surface area (Å²) in [5, 5.41) is 7.03. The van der Waals surface area contributed by atoms with Crippen LogP contribution in [0.5, 0.6) is 0 Å². The monoisotopic (exact) mass is 293 g/mol. The van der Waals surface area contributed by atoms with Crippen molar-refractivity contribution in [1.29, 1.82) is 0 Å². The highest BCUT2D eigenvalue weighted by Crippen LogP contribution is 2.25. The second-order valence-corrected chi connectivity index (χ2v) is 4.35. The number of nitrogens with zero attached hydrogens (tertiary/aromatic N) is 7. The molecule has 0 saturated heterocycles. The van der Waals surface area contributed by atoms with E-state index in [1.54, 1.807) is 18.3 Å². The van der Waals surface area contributed by atoms with Gasteiger partial charge in [-0.15, -0.1) is 0 Å². The van der Waals surface area contributed by atoms with Crippen molar-refractivity contribution in [2.45, 2.75) is 31.7 Å². The van der Waals surface area contributed by atoms with Gasteiger partial charge in [-0.2, -0.15) is 0 Å². The topological polar surface area (TPSA) is 127 Å². The second kappa shape index (κ2) is 8.77. The first-order valence-corrected chi connectivity index (χ1v) is 6.28. The zero-order chi connectivity index (χ0) is 14.8. The van der Waals surface area contributed by atoms with Gasteiger partial charge in [-0.1, -0.05) is 23.1 Å². The Bertz CT molecular complexity index is 564. The highest BCUT2D eigenvalue weighted by Gasteiger charge is 2.10. The van der Waals surface area contributed by atoms with Gasteiger partial charge in [-0.05, 0) is 46.7 Å². The molecule has 0 bridgehead atoms. The summed E-state index contributed by atoms with van der Waals surface area (Å²) in [4.78, 5) is 20.1. The van der Waals surface area contributed by atoms with Crippen LogP contribution in [0.2, 0.25) is 5.15 Å². The molecule has 1 unspecified atom stereocenters. The molecule has 0 radical (unpaired) electrons. The van der Waals surface area contributed by atoms with Crippen LogP contribution in [0.3, 0.4) is 0 Å². The molecular weight excluding hydrogens is 282 g/mol. The van der Waals surface area contributed by atoms with Crippen molar-refractivity contribution >= 4 is 17.5 Å². The highest BCUT2D eigenvalue weighted by atomic mass is 35.5. The van der Waals surface area contributed by atoms with Gasteiger partial charge in [-0.25, -0.2) is 4.98 Å². The van der Waals surface area contributed by atoms with Crippen molar-refractivity contribution in [2.24, 2.45) is 10.2 Å². The molecule has 1 atom stereocenters. The summed E-state index contributed by atoms with van der Waals surface area (Å²) in [7, 11) is 0. The largest absolute Gasteiger partial charge is 0.293 e. The molecule has 0 spiro atoms. The maximum atomic E-state index is 11.0. The third-order valence-corrected chi connectivity index (χ3v) is 2.81. The molecule has 1 aromatic heterocycles. The van der Waals surface area contributed by atoms with Crippen LogP contribution in [0, 0.1) is 0 Å². The Hall–Kier alpha value is -2.27. The van der Waals surface area contributed by atoms with Gasteiger partial charge in [0.25, 0.3) is 0 Å². The average Bonchev–Trinajstić information content (AvgIpc) is 2.42. The van der Waals surface area contributed by atoms with Gasteiger partial charge >= 0.3 is 0 Å². The molecule has 0 aliphatic rings. The Morgan fingerprint density at radius 2 is 2.20 bits per heavy atom. The molecule has 1 amide bonds. The molecule has 1 aromatic rings. The van der Waals surface area contributed by atoms with Crippen molar-refractivity contribution in [3.63, 3.8) is 0 Å². The molecule has 8 nitrogen and oxygen atoms in total. The van der Waals surface area contributed by atoms with Crippen molar-refractivity contribution in [3.8, 4) is 0 Å². The van der Waals surface area contributed by atoms with Gasteiger partial charge in [0.2, 0.25) is 5.91 Å². The molecule has 0 saturated carbocycles. The lowest BCUT2D eigenvalue weighted by Crippen LogP contribution is -1.97. The number of halogens is 1. The van der Waals surface area contributed by atoms with Crippen molar-refractivity contribution in [1.82, 2.24) is 4.98 Å². The molecular formula is C11H12ClN7O. The van der Waals surface area contributed by atoms with Crippen LogP contribution in [0.15, 0.2) is 28.6 Å². The van der Waals surface area contributed by atoms with Crippen LogP contribution in [-0.2, 0) is 4.79 Å². The number of amides is 1. The molecule has 1 heterocycles. The summed E-state index contributed by atoms with van der Waals surface area (Å²) < 4.78 is 0. The zero-order valence-corrected chi connectivity index (χ0v) is 11.3. The summed E-state index contributed by atoms with van der Waals surface area (Å²) in [5.41, 5.74) is 17.5. The number of aromatic nitrogens is 1. The maximum Gasteiger partial charge on any atom is 0.218 e. The lowest BCUT2D eigenvalue weighted by atomic mass is 10.0. The number of carbonyl (C=O) groups is 1. The number of carbonyl (C=O) groups excluding carboxylic acids is 1. The number of hydrogen-bond acceptors (Lipinski definition) is 3. The van der Waals surface area contributed by atoms with E-state index < -0.39 is 5.91 Å². The van der Waals surface area contributed by atoms with Gasteiger partial charge < -0.3 is 0 Å². The molecule has 0 aliphatic heterocycles. The zero-order valence-electron chi connectivity index (χ0n) is 10.6. The average molecular weight is 294 g/mol. The highest BCUT2D eigenvalue weighted by molar-refractivity contribution is 6.29. The van der Waals surface area contributed by atoms with Crippen LogP contribution in [0.25, 0.3) is 20.9 Å². The first-order chi connectivity index (χ1) is 9.67. The Kier molecular flexibility index (Phi) is 6.92. The quantitative estimate of drug-likeness (QED) is 0.241. The van der Waals surface area contributed by atoms with E-state index in [9.17, 15) is 4.79 Å². The van der Waals surface area contributed by atoms with E-state index in [-0.39, 0.29) is 12.5 Å². The first kappa shape index (κ1) is 15.8. The van der Waals surface area contributed by atoms with E-state index >= 15 is 0 Å². The fourth-order valence-corrected chi connectivity index (χ4v) is 1.87. The van der Waals surface area contributed by atoms with Crippen LogP contribution >= 0.6 is 11.6 Å². The van der Waals surface area contributed by atoms with Gasteiger partial charge in [-0.3, -0.25) is 4.79 Å². The fraction of sp³-hybridized carbons (Fsp3) is 0.455. The molecule has 9 heteroatoms. The van der Waals surface area contributed by atoms with Crippen molar-refractivity contribution in [3.05, 3.63) is 49.9 Å². The fourth-order valence-electron chi connectivity index (χ4n) is 1.69. The van der Waals surface area contributed by atoms with Crippen LogP contribution in [0.1, 0.15) is 37.3 Å². The van der Waals surface area contributed by atoms with E-state index in [4.69, 9.17) is 22.7 Å². The summed E-state index contributed by atoms with van der Waals surface area (Å²) in [6, 6.07) is 3.03. The Morgan fingerprint density at radius 1 is 1.40 bits per heavy atom. The van der Waals surface area contributed by atoms with E-state index in [1.165, 1.54) is 0 Å². The number of unbranched alkanes of at least 4 members (excludes halogenated alkanes) is 1. The smallest absolute Gasteiger partial charge is 0.218 e. The maximum absolute atomic E-state index is 11.0. The van der Waals surface area contributed by atoms with Crippen molar-refractivity contribution < 1.29 is 4.79 Å². The number of azide groups is 2. The molecule has 1 rings (SSSR count). The van der Waals surface area contributed by atoms with Gasteiger partial charge in [0, 0.05) is 22.4 Å². The summed E-state index contributed by atoms with van der Waals surface area (Å²) >= 11 is 5.79. The van der Waals surface area contributed by atoms with Gasteiger partial charge in [0.15, 0.2) is 0 Å². The molecule has 0 aliphatic carbocycles. The molecule has 0 N–H and O–H groups in total. The number of hydrogen-bond donors (Lipinski definition) is 0. The SMILES string of the molecule is [N-]=[N+]=NC(=O)CCCCC(N=[N+]=[N-])c1ccnc(Cl)c1. The minimum absolute atomic E-state index is 0.185. The van der Waals surface area contributed by atoms with Crippen LogP contribution < -0.4 is 0 Å². The lowest BCUT2D eigenvalue weighted by Gasteiger charge is -2.11. The molecule has 20 heavy (non-hydrogen) atoms. The molecule has 0 fully saturated rings. The Balaban J connectivity index is 2.54. The standard InChI is InChI=1S/C11H12ClN7O/c12-10-7-8(5-6-15-10)9(16-18-13)3-1-2-4-11(20)17-19-14/h5-7,9H,1-4H2. The van der Waals surface area contributed by atoms with Gasteiger partial charge in [0.1, 0.15) is 5.15 Å². The van der Waals surface area contributed by atoms with E-state index in [2.05, 4.69) is 25.0 Å². The number of rotatable bonds is 7. The lowest BCUT2D eigenvalue weighted by molar-refractivity contribution is -0.118. The van der Waals surface area contributed by atoms with E-state index in [1.807, 2.05) is 0 Å². The Morgan fingerprint density at radius 3 is 2.85 bits per heavy atom. The van der Waals surface area contributed by atoms with E-state index in [0.29, 0.717) is 24.4 Å².